The Labute approximate surface area is 103 Å². The molecule has 1 aliphatic rings. The monoisotopic (exact) mass is 244 g/mol. The van der Waals surface area contributed by atoms with Crippen molar-refractivity contribution in [2.75, 3.05) is 26.9 Å². The molecule has 0 spiro atoms. The van der Waals surface area contributed by atoms with E-state index >= 15 is 0 Å². The number of hydrogen-bond donors (Lipinski definition) is 2. The first-order valence-corrected chi connectivity index (χ1v) is 6.38. The molecule has 1 atom stereocenters. The van der Waals surface area contributed by atoms with Gasteiger partial charge in [0.1, 0.15) is 0 Å². The SMILES string of the molecule is COCCC(N)C(=O)NCCOC1CCCC1. The summed E-state index contributed by atoms with van der Waals surface area (Å²) < 4.78 is 10.5. The molecule has 0 aliphatic heterocycles. The largest absolute Gasteiger partial charge is 0.385 e. The number of carbonyl (C=O) groups excluding carboxylic acids is 1. The van der Waals surface area contributed by atoms with E-state index in [2.05, 4.69) is 5.32 Å². The summed E-state index contributed by atoms with van der Waals surface area (Å²) in [4.78, 5) is 11.5. The van der Waals surface area contributed by atoms with Crippen LogP contribution in [-0.2, 0) is 14.3 Å². The van der Waals surface area contributed by atoms with Gasteiger partial charge in [0.15, 0.2) is 0 Å². The molecule has 0 saturated heterocycles. The maximum absolute atomic E-state index is 11.5. The average molecular weight is 244 g/mol. The minimum atomic E-state index is -0.485. The van der Waals surface area contributed by atoms with Crippen LogP contribution in [0.2, 0.25) is 0 Å². The fraction of sp³-hybridized carbons (Fsp3) is 0.917. The third-order valence-electron chi connectivity index (χ3n) is 3.03. The molecule has 17 heavy (non-hydrogen) atoms. The van der Waals surface area contributed by atoms with Gasteiger partial charge in [-0.3, -0.25) is 4.79 Å². The number of methoxy groups -OCH3 is 1. The number of rotatable bonds is 8. The van der Waals surface area contributed by atoms with Crippen molar-refractivity contribution in [3.05, 3.63) is 0 Å². The summed E-state index contributed by atoms with van der Waals surface area (Å²) in [5.74, 6) is -0.128. The number of hydrogen-bond acceptors (Lipinski definition) is 4. The van der Waals surface area contributed by atoms with Gasteiger partial charge in [-0.1, -0.05) is 12.8 Å². The highest BCUT2D eigenvalue weighted by molar-refractivity contribution is 5.81. The third-order valence-corrected chi connectivity index (χ3v) is 3.03. The van der Waals surface area contributed by atoms with E-state index in [0.29, 0.717) is 32.3 Å². The summed E-state index contributed by atoms with van der Waals surface area (Å²) >= 11 is 0. The maximum Gasteiger partial charge on any atom is 0.237 e. The van der Waals surface area contributed by atoms with Crippen molar-refractivity contribution in [3.8, 4) is 0 Å². The number of nitrogens with one attached hydrogen (secondary N) is 1. The van der Waals surface area contributed by atoms with Gasteiger partial charge in [0.25, 0.3) is 0 Å². The fourth-order valence-electron chi connectivity index (χ4n) is 1.96. The molecule has 5 nitrogen and oxygen atoms in total. The molecular weight excluding hydrogens is 220 g/mol. The van der Waals surface area contributed by atoms with Crippen LogP contribution in [-0.4, -0.2) is 44.9 Å². The normalized spacial score (nSPS) is 18.2. The molecule has 0 bridgehead atoms. The quantitative estimate of drug-likeness (QED) is 0.607. The minimum absolute atomic E-state index is 0.128. The van der Waals surface area contributed by atoms with Crippen molar-refractivity contribution in [1.82, 2.24) is 5.32 Å². The minimum Gasteiger partial charge on any atom is -0.385 e. The average Bonchev–Trinajstić information content (AvgIpc) is 2.84. The van der Waals surface area contributed by atoms with Crippen LogP contribution in [0, 0.1) is 0 Å². The number of amides is 1. The molecule has 0 aromatic carbocycles. The summed E-state index contributed by atoms with van der Waals surface area (Å²) in [6.07, 6.45) is 5.78. The fourth-order valence-corrected chi connectivity index (χ4v) is 1.96. The lowest BCUT2D eigenvalue weighted by Crippen LogP contribution is -2.42. The van der Waals surface area contributed by atoms with Gasteiger partial charge in [0, 0.05) is 20.3 Å². The standard InChI is InChI=1S/C12H24N2O3/c1-16-8-6-11(13)12(15)14-7-9-17-10-4-2-3-5-10/h10-11H,2-9,13H2,1H3,(H,14,15). The Morgan fingerprint density at radius 1 is 1.41 bits per heavy atom. The molecular formula is C12H24N2O3. The molecule has 3 N–H and O–H groups in total. The molecule has 1 fully saturated rings. The van der Waals surface area contributed by atoms with E-state index in [0.717, 1.165) is 12.8 Å². The second kappa shape index (κ2) is 8.44. The van der Waals surface area contributed by atoms with Crippen molar-refractivity contribution in [3.63, 3.8) is 0 Å². The predicted molar refractivity (Wildman–Crippen MR) is 65.7 cm³/mol. The molecule has 0 aromatic rings. The lowest BCUT2D eigenvalue weighted by Gasteiger charge is -2.14. The van der Waals surface area contributed by atoms with Crippen LogP contribution in [0.4, 0.5) is 0 Å². The molecule has 0 aromatic heterocycles. The first kappa shape index (κ1) is 14.4. The summed E-state index contributed by atoms with van der Waals surface area (Å²) in [7, 11) is 1.60. The van der Waals surface area contributed by atoms with Gasteiger partial charge in [-0.2, -0.15) is 0 Å². The van der Waals surface area contributed by atoms with E-state index in [9.17, 15) is 4.79 Å². The van der Waals surface area contributed by atoms with Gasteiger partial charge in [0.05, 0.1) is 18.8 Å². The van der Waals surface area contributed by atoms with Gasteiger partial charge < -0.3 is 20.5 Å². The highest BCUT2D eigenvalue weighted by atomic mass is 16.5. The van der Waals surface area contributed by atoms with Gasteiger partial charge in [-0.25, -0.2) is 0 Å². The summed E-state index contributed by atoms with van der Waals surface area (Å²) in [5.41, 5.74) is 5.67. The van der Waals surface area contributed by atoms with Gasteiger partial charge in [-0.15, -0.1) is 0 Å². The van der Waals surface area contributed by atoms with Crippen molar-refractivity contribution < 1.29 is 14.3 Å². The second-order valence-electron chi connectivity index (χ2n) is 4.46. The second-order valence-corrected chi connectivity index (χ2v) is 4.46. The Hall–Kier alpha value is -0.650. The van der Waals surface area contributed by atoms with E-state index in [-0.39, 0.29) is 5.91 Å². The van der Waals surface area contributed by atoms with Crippen LogP contribution in [0.1, 0.15) is 32.1 Å². The van der Waals surface area contributed by atoms with Crippen LogP contribution in [0.5, 0.6) is 0 Å². The predicted octanol–water partition coefficient (Wildman–Crippen LogP) is 0.426. The first-order chi connectivity index (χ1) is 8.24. The van der Waals surface area contributed by atoms with Gasteiger partial charge in [0.2, 0.25) is 5.91 Å². The van der Waals surface area contributed by atoms with E-state index in [1.54, 1.807) is 7.11 Å². The Kier molecular flexibility index (Phi) is 7.16. The van der Waals surface area contributed by atoms with Crippen LogP contribution >= 0.6 is 0 Å². The molecule has 1 unspecified atom stereocenters. The molecule has 0 radical (unpaired) electrons. The van der Waals surface area contributed by atoms with E-state index in [1.807, 2.05) is 0 Å². The Bertz CT molecular complexity index is 218. The first-order valence-electron chi connectivity index (χ1n) is 6.38. The topological polar surface area (TPSA) is 73.6 Å². The number of ether oxygens (including phenoxy) is 2. The van der Waals surface area contributed by atoms with Crippen LogP contribution < -0.4 is 11.1 Å². The third kappa shape index (κ3) is 6.00. The van der Waals surface area contributed by atoms with E-state index in [4.69, 9.17) is 15.2 Å². The Morgan fingerprint density at radius 3 is 2.76 bits per heavy atom. The molecule has 1 amide bonds. The molecule has 5 heteroatoms. The zero-order valence-corrected chi connectivity index (χ0v) is 10.6. The molecule has 1 rings (SSSR count). The summed E-state index contributed by atoms with van der Waals surface area (Å²) in [5, 5.41) is 2.77. The van der Waals surface area contributed by atoms with Crippen LogP contribution in [0.15, 0.2) is 0 Å². The number of nitrogens with two attached hydrogens (primary N) is 1. The lowest BCUT2D eigenvalue weighted by molar-refractivity contribution is -0.123. The molecule has 100 valence electrons. The molecule has 0 heterocycles. The van der Waals surface area contributed by atoms with E-state index in [1.165, 1.54) is 12.8 Å². The zero-order valence-electron chi connectivity index (χ0n) is 10.6. The molecule has 1 aliphatic carbocycles. The van der Waals surface area contributed by atoms with Crippen LogP contribution in [0.25, 0.3) is 0 Å². The van der Waals surface area contributed by atoms with Gasteiger partial charge >= 0.3 is 0 Å². The van der Waals surface area contributed by atoms with Crippen LogP contribution in [0.3, 0.4) is 0 Å². The smallest absolute Gasteiger partial charge is 0.237 e. The molecule has 1 saturated carbocycles. The number of carbonyl (C=O) groups is 1. The maximum atomic E-state index is 11.5. The van der Waals surface area contributed by atoms with Crippen molar-refractivity contribution >= 4 is 5.91 Å². The van der Waals surface area contributed by atoms with Crippen molar-refractivity contribution in [1.29, 1.82) is 0 Å². The summed E-state index contributed by atoms with van der Waals surface area (Å²) in [6.45, 7) is 1.62. The van der Waals surface area contributed by atoms with Crippen molar-refractivity contribution in [2.24, 2.45) is 5.73 Å². The van der Waals surface area contributed by atoms with Gasteiger partial charge in [-0.05, 0) is 19.3 Å². The highest BCUT2D eigenvalue weighted by Gasteiger charge is 2.15. The summed E-state index contributed by atoms with van der Waals surface area (Å²) in [6, 6.07) is -0.485. The zero-order chi connectivity index (χ0) is 12.5. The lowest BCUT2D eigenvalue weighted by atomic mass is 10.2. The highest BCUT2D eigenvalue weighted by Crippen LogP contribution is 2.20. The Balaban J connectivity index is 1.98. The van der Waals surface area contributed by atoms with E-state index < -0.39 is 6.04 Å². The Morgan fingerprint density at radius 2 is 2.12 bits per heavy atom. The van der Waals surface area contributed by atoms with Crippen molar-refractivity contribution in [2.45, 2.75) is 44.2 Å².